The Morgan fingerprint density at radius 1 is 1.11 bits per heavy atom. The van der Waals surface area contributed by atoms with Crippen molar-refractivity contribution in [3.8, 4) is 11.3 Å². The summed E-state index contributed by atoms with van der Waals surface area (Å²) >= 11 is 13.1. The highest BCUT2D eigenvalue weighted by molar-refractivity contribution is 7.91. The minimum Gasteiger partial charge on any atom is -0.302 e. The maximum Gasteiger partial charge on any atom is 0.227 e. The van der Waals surface area contributed by atoms with Crippen molar-refractivity contribution < 1.29 is 17.6 Å². The van der Waals surface area contributed by atoms with Crippen LogP contribution in [0.2, 0.25) is 10.0 Å². The normalized spacial score (nSPS) is 11.4. The maximum atomic E-state index is 12.9. The smallest absolute Gasteiger partial charge is 0.227 e. The first-order valence-electron chi connectivity index (χ1n) is 7.94. The molecule has 1 amide bonds. The number of hydrogen-bond donors (Lipinski definition) is 1. The number of benzene rings is 2. The molecular formula is C18H13Cl2FN2O3S2. The summed E-state index contributed by atoms with van der Waals surface area (Å²) in [5.41, 5.74) is 1.35. The van der Waals surface area contributed by atoms with E-state index in [4.69, 9.17) is 23.2 Å². The topological polar surface area (TPSA) is 76.1 Å². The minimum atomic E-state index is -3.68. The number of nitrogens with zero attached hydrogens (tertiary/aromatic N) is 1. The number of rotatable bonds is 6. The number of thiazole rings is 1. The molecule has 10 heteroatoms. The molecule has 146 valence electrons. The molecule has 5 nitrogen and oxygen atoms in total. The Hall–Kier alpha value is -2.00. The molecule has 1 aromatic heterocycles. The van der Waals surface area contributed by atoms with E-state index in [1.807, 2.05) is 0 Å². The van der Waals surface area contributed by atoms with Crippen molar-refractivity contribution >= 4 is 55.4 Å². The number of carbonyl (C=O) groups excluding carboxylic acids is 1. The number of anilines is 1. The van der Waals surface area contributed by atoms with Crippen LogP contribution in [0, 0.1) is 5.82 Å². The lowest BCUT2D eigenvalue weighted by Gasteiger charge is -2.05. The van der Waals surface area contributed by atoms with Crippen LogP contribution < -0.4 is 5.32 Å². The van der Waals surface area contributed by atoms with Crippen molar-refractivity contribution in [2.45, 2.75) is 11.3 Å². The fraction of sp³-hybridized carbons (Fsp3) is 0.111. The minimum absolute atomic E-state index is 0.0298. The first kappa shape index (κ1) is 20.7. The van der Waals surface area contributed by atoms with Gasteiger partial charge in [0.1, 0.15) is 5.82 Å². The van der Waals surface area contributed by atoms with Crippen molar-refractivity contribution in [1.82, 2.24) is 4.98 Å². The zero-order valence-corrected chi connectivity index (χ0v) is 17.3. The SMILES string of the molecule is O=C(CCS(=O)(=O)c1ccc(F)cc1)Nc1nc(-c2ccc(Cl)c(Cl)c2)cs1. The Labute approximate surface area is 175 Å². The van der Waals surface area contributed by atoms with Gasteiger partial charge in [0.2, 0.25) is 5.91 Å². The summed E-state index contributed by atoms with van der Waals surface area (Å²) in [6.45, 7) is 0. The second kappa shape index (κ2) is 8.57. The van der Waals surface area contributed by atoms with E-state index in [-0.39, 0.29) is 11.3 Å². The van der Waals surface area contributed by atoms with E-state index in [0.29, 0.717) is 20.9 Å². The predicted octanol–water partition coefficient (Wildman–Crippen LogP) is 5.06. The van der Waals surface area contributed by atoms with E-state index >= 15 is 0 Å². The third kappa shape index (κ3) is 5.08. The number of amides is 1. The Balaban J connectivity index is 1.61. The zero-order valence-electron chi connectivity index (χ0n) is 14.2. The van der Waals surface area contributed by atoms with Gasteiger partial charge in [-0.25, -0.2) is 17.8 Å². The van der Waals surface area contributed by atoms with Crippen LogP contribution in [-0.4, -0.2) is 25.1 Å². The molecule has 28 heavy (non-hydrogen) atoms. The lowest BCUT2D eigenvalue weighted by atomic mass is 10.2. The van der Waals surface area contributed by atoms with Gasteiger partial charge in [-0.05, 0) is 36.4 Å². The van der Waals surface area contributed by atoms with Gasteiger partial charge < -0.3 is 5.32 Å². The zero-order chi connectivity index (χ0) is 20.3. The molecule has 0 bridgehead atoms. The fourth-order valence-electron chi connectivity index (χ4n) is 2.29. The highest BCUT2D eigenvalue weighted by atomic mass is 35.5. The summed E-state index contributed by atoms with van der Waals surface area (Å²) in [5.74, 6) is -1.41. The van der Waals surface area contributed by atoms with Gasteiger partial charge in [0.15, 0.2) is 15.0 Å². The molecule has 0 spiro atoms. The standard InChI is InChI=1S/C18H13Cl2FN2O3S2/c19-14-6-1-11(9-15(14)20)16-10-27-18(22-16)23-17(24)7-8-28(25,26)13-4-2-12(21)3-5-13/h1-6,9-10H,7-8H2,(H,22,23,24). The van der Waals surface area contributed by atoms with Crippen LogP contribution in [0.4, 0.5) is 9.52 Å². The Bertz CT molecular complexity index is 1120. The number of hydrogen-bond acceptors (Lipinski definition) is 5. The molecule has 0 radical (unpaired) electrons. The van der Waals surface area contributed by atoms with Crippen LogP contribution in [0.5, 0.6) is 0 Å². The Morgan fingerprint density at radius 2 is 1.82 bits per heavy atom. The molecule has 3 rings (SSSR count). The van der Waals surface area contributed by atoms with Crippen LogP contribution in [0.15, 0.2) is 52.7 Å². The van der Waals surface area contributed by atoms with E-state index in [1.54, 1.807) is 23.6 Å². The molecule has 2 aromatic carbocycles. The monoisotopic (exact) mass is 458 g/mol. The Kier molecular flexibility index (Phi) is 6.34. The van der Waals surface area contributed by atoms with Gasteiger partial charge >= 0.3 is 0 Å². The lowest BCUT2D eigenvalue weighted by molar-refractivity contribution is -0.115. The molecule has 0 saturated heterocycles. The summed E-state index contributed by atoms with van der Waals surface area (Å²) in [7, 11) is -3.68. The van der Waals surface area contributed by atoms with Gasteiger partial charge in [-0.3, -0.25) is 4.79 Å². The number of halogens is 3. The van der Waals surface area contributed by atoms with Crippen LogP contribution in [0.25, 0.3) is 11.3 Å². The maximum absolute atomic E-state index is 12.9. The van der Waals surface area contributed by atoms with Crippen LogP contribution in [-0.2, 0) is 14.6 Å². The summed E-state index contributed by atoms with van der Waals surface area (Å²) in [4.78, 5) is 16.3. The lowest BCUT2D eigenvalue weighted by Crippen LogP contribution is -2.17. The highest BCUT2D eigenvalue weighted by Crippen LogP contribution is 2.30. The van der Waals surface area contributed by atoms with E-state index in [2.05, 4.69) is 10.3 Å². The predicted molar refractivity (Wildman–Crippen MR) is 109 cm³/mol. The van der Waals surface area contributed by atoms with E-state index in [0.717, 1.165) is 17.7 Å². The second-order valence-electron chi connectivity index (χ2n) is 5.74. The molecule has 0 unspecified atom stereocenters. The van der Waals surface area contributed by atoms with Crippen molar-refractivity contribution in [3.63, 3.8) is 0 Å². The molecule has 0 fully saturated rings. The average molecular weight is 459 g/mol. The van der Waals surface area contributed by atoms with Gasteiger partial charge in [-0.15, -0.1) is 11.3 Å². The van der Waals surface area contributed by atoms with Crippen molar-refractivity contribution in [2.75, 3.05) is 11.1 Å². The largest absolute Gasteiger partial charge is 0.302 e. The van der Waals surface area contributed by atoms with E-state index in [9.17, 15) is 17.6 Å². The van der Waals surface area contributed by atoms with Crippen molar-refractivity contribution in [2.24, 2.45) is 0 Å². The summed E-state index contributed by atoms with van der Waals surface area (Å²) in [5, 5.41) is 5.47. The van der Waals surface area contributed by atoms with Crippen molar-refractivity contribution in [1.29, 1.82) is 0 Å². The molecule has 0 aliphatic carbocycles. The molecule has 0 aliphatic heterocycles. The van der Waals surface area contributed by atoms with Crippen LogP contribution >= 0.6 is 34.5 Å². The van der Waals surface area contributed by atoms with Gasteiger partial charge in [-0.2, -0.15) is 0 Å². The first-order chi connectivity index (χ1) is 13.2. The Morgan fingerprint density at radius 3 is 2.50 bits per heavy atom. The van der Waals surface area contributed by atoms with Crippen LogP contribution in [0.1, 0.15) is 6.42 Å². The van der Waals surface area contributed by atoms with Crippen molar-refractivity contribution in [3.05, 3.63) is 63.7 Å². The molecular weight excluding hydrogens is 446 g/mol. The van der Waals surface area contributed by atoms with Gasteiger partial charge in [0.25, 0.3) is 0 Å². The fourth-order valence-corrected chi connectivity index (χ4v) is 4.56. The summed E-state index contributed by atoms with van der Waals surface area (Å²) < 4.78 is 37.3. The first-order valence-corrected chi connectivity index (χ1v) is 11.2. The number of aromatic nitrogens is 1. The molecule has 0 saturated carbocycles. The second-order valence-corrected chi connectivity index (χ2v) is 9.52. The highest BCUT2D eigenvalue weighted by Gasteiger charge is 2.17. The number of sulfone groups is 1. The van der Waals surface area contributed by atoms with Gasteiger partial charge in [-0.1, -0.05) is 29.3 Å². The summed E-state index contributed by atoms with van der Waals surface area (Å²) in [6, 6.07) is 9.54. The van der Waals surface area contributed by atoms with Crippen LogP contribution in [0.3, 0.4) is 0 Å². The average Bonchev–Trinajstić information content (AvgIpc) is 3.11. The van der Waals surface area contributed by atoms with E-state index in [1.165, 1.54) is 23.5 Å². The number of nitrogens with one attached hydrogen (secondary N) is 1. The van der Waals surface area contributed by atoms with E-state index < -0.39 is 27.3 Å². The summed E-state index contributed by atoms with van der Waals surface area (Å²) in [6.07, 6.45) is -0.249. The molecule has 3 aromatic rings. The molecule has 0 atom stereocenters. The quantitative estimate of drug-likeness (QED) is 0.523. The molecule has 1 N–H and O–H groups in total. The van der Waals surface area contributed by atoms with Gasteiger partial charge in [0.05, 0.1) is 26.4 Å². The third-order valence-electron chi connectivity index (χ3n) is 3.74. The molecule has 0 aliphatic rings. The third-order valence-corrected chi connectivity index (χ3v) is 6.97. The molecule has 1 heterocycles. The van der Waals surface area contributed by atoms with Gasteiger partial charge in [0, 0.05) is 17.4 Å². The number of carbonyl (C=O) groups is 1.